The van der Waals surface area contributed by atoms with Crippen LogP contribution in [0.15, 0.2) is 40.1 Å². The average molecular weight is 285 g/mol. The van der Waals surface area contributed by atoms with E-state index in [4.69, 9.17) is 5.73 Å². The van der Waals surface area contributed by atoms with Crippen LogP contribution in [0.4, 0.5) is 17.6 Å². The summed E-state index contributed by atoms with van der Waals surface area (Å²) in [5, 5.41) is 0. The van der Waals surface area contributed by atoms with Gasteiger partial charge >= 0.3 is 6.18 Å². The average Bonchev–Trinajstić information content (AvgIpc) is 2.49. The minimum Gasteiger partial charge on any atom is -0.384 e. The van der Waals surface area contributed by atoms with Crippen molar-refractivity contribution in [3.05, 3.63) is 47.0 Å². The van der Waals surface area contributed by atoms with Crippen molar-refractivity contribution in [1.82, 2.24) is 0 Å². The van der Waals surface area contributed by atoms with Crippen LogP contribution in [0.5, 0.6) is 0 Å². The monoisotopic (exact) mass is 285 g/mol. The van der Waals surface area contributed by atoms with Crippen LogP contribution < -0.4 is 5.73 Å². The van der Waals surface area contributed by atoms with Crippen LogP contribution in [0.2, 0.25) is 0 Å². The zero-order valence-electron chi connectivity index (χ0n) is 10.5. The summed E-state index contributed by atoms with van der Waals surface area (Å²) >= 11 is 0. The summed E-state index contributed by atoms with van der Waals surface area (Å²) in [7, 11) is 0. The van der Waals surface area contributed by atoms with Gasteiger partial charge in [-0.05, 0) is 31.2 Å². The van der Waals surface area contributed by atoms with Crippen LogP contribution >= 0.6 is 0 Å². The molecule has 1 heterocycles. The summed E-state index contributed by atoms with van der Waals surface area (Å²) in [5.74, 6) is -0.748. The van der Waals surface area contributed by atoms with Gasteiger partial charge in [0.25, 0.3) is 0 Å². The smallest absolute Gasteiger partial charge is 0.384 e. The molecule has 0 atom stereocenters. The molecule has 0 saturated carbocycles. The Morgan fingerprint density at radius 2 is 1.95 bits per heavy atom. The van der Waals surface area contributed by atoms with Crippen molar-refractivity contribution in [2.45, 2.75) is 13.1 Å². The van der Waals surface area contributed by atoms with E-state index in [2.05, 4.69) is 9.98 Å². The summed E-state index contributed by atoms with van der Waals surface area (Å²) in [6, 6.07) is 2.32. The molecule has 2 rings (SSSR count). The summed E-state index contributed by atoms with van der Waals surface area (Å²) in [4.78, 5) is 8.07. The fourth-order valence-electron chi connectivity index (χ4n) is 1.80. The Bertz CT molecular complexity index is 627. The first-order valence-electron chi connectivity index (χ1n) is 5.72. The second kappa shape index (κ2) is 5.07. The molecule has 0 aliphatic carbocycles. The van der Waals surface area contributed by atoms with Gasteiger partial charge < -0.3 is 5.73 Å². The van der Waals surface area contributed by atoms with Crippen molar-refractivity contribution in [3.63, 3.8) is 0 Å². The van der Waals surface area contributed by atoms with Crippen LogP contribution in [0, 0.1) is 5.82 Å². The second-order valence-corrected chi connectivity index (χ2v) is 4.21. The first-order valence-corrected chi connectivity index (χ1v) is 5.72. The Labute approximate surface area is 112 Å². The van der Waals surface area contributed by atoms with Crippen molar-refractivity contribution in [3.8, 4) is 0 Å². The molecule has 0 unspecified atom stereocenters. The highest BCUT2D eigenvalue weighted by Gasteiger charge is 2.31. The van der Waals surface area contributed by atoms with E-state index in [1.807, 2.05) is 0 Å². The van der Waals surface area contributed by atoms with E-state index in [-0.39, 0.29) is 23.6 Å². The Morgan fingerprint density at radius 1 is 1.25 bits per heavy atom. The van der Waals surface area contributed by atoms with Crippen molar-refractivity contribution < 1.29 is 17.6 Å². The van der Waals surface area contributed by atoms with Crippen LogP contribution in [0.25, 0.3) is 0 Å². The third-order valence-electron chi connectivity index (χ3n) is 2.74. The number of alkyl halides is 3. The standard InChI is InChI=1S/C13H11F4N3/c1-7-12(19-5-4-11(18)20-7)9-3-2-8(6-10(9)14)13(15,16)17/h2-4,6H,5,18H2,1H3. The van der Waals surface area contributed by atoms with E-state index < -0.39 is 17.6 Å². The summed E-state index contributed by atoms with van der Waals surface area (Å²) in [5.41, 5.74) is 5.03. The van der Waals surface area contributed by atoms with Crippen LogP contribution in [0.3, 0.4) is 0 Å². The molecule has 0 saturated heterocycles. The highest BCUT2D eigenvalue weighted by molar-refractivity contribution is 6.48. The van der Waals surface area contributed by atoms with Gasteiger partial charge in [0.2, 0.25) is 0 Å². The van der Waals surface area contributed by atoms with Gasteiger partial charge in [0.15, 0.2) is 0 Å². The number of nitrogens with zero attached hydrogens (tertiary/aromatic N) is 2. The number of rotatable bonds is 1. The maximum absolute atomic E-state index is 13.9. The maximum Gasteiger partial charge on any atom is 0.416 e. The Morgan fingerprint density at radius 3 is 2.55 bits per heavy atom. The van der Waals surface area contributed by atoms with Gasteiger partial charge in [-0.1, -0.05) is 0 Å². The molecule has 0 aromatic heterocycles. The van der Waals surface area contributed by atoms with Crippen molar-refractivity contribution in [2.24, 2.45) is 15.7 Å². The van der Waals surface area contributed by atoms with Crippen molar-refractivity contribution in [2.75, 3.05) is 6.54 Å². The fraction of sp³-hybridized carbons (Fsp3) is 0.231. The molecule has 106 valence electrons. The molecule has 1 aliphatic heterocycles. The Hall–Kier alpha value is -2.18. The van der Waals surface area contributed by atoms with Crippen LogP contribution in [-0.2, 0) is 6.18 Å². The second-order valence-electron chi connectivity index (χ2n) is 4.21. The number of hydrogen-bond donors (Lipinski definition) is 1. The maximum atomic E-state index is 13.9. The minimum absolute atomic E-state index is 0.0256. The third-order valence-corrected chi connectivity index (χ3v) is 2.74. The Kier molecular flexibility index (Phi) is 3.61. The third kappa shape index (κ3) is 2.87. The molecule has 1 aromatic rings. The van der Waals surface area contributed by atoms with Crippen molar-refractivity contribution in [1.29, 1.82) is 0 Å². The molecule has 7 heteroatoms. The molecule has 20 heavy (non-hydrogen) atoms. The van der Waals surface area contributed by atoms with Gasteiger partial charge in [-0.2, -0.15) is 13.2 Å². The quantitative estimate of drug-likeness (QED) is 0.792. The lowest BCUT2D eigenvalue weighted by Crippen LogP contribution is -2.16. The number of benzene rings is 1. The van der Waals surface area contributed by atoms with E-state index in [0.29, 0.717) is 11.8 Å². The lowest BCUT2D eigenvalue weighted by Gasteiger charge is -2.10. The van der Waals surface area contributed by atoms with Gasteiger partial charge in [-0.15, -0.1) is 0 Å². The topological polar surface area (TPSA) is 50.7 Å². The molecule has 2 N–H and O–H groups in total. The lowest BCUT2D eigenvalue weighted by atomic mass is 10.0. The van der Waals surface area contributed by atoms with Crippen molar-refractivity contribution >= 4 is 11.4 Å². The zero-order chi connectivity index (χ0) is 14.9. The molecule has 0 amide bonds. The molecule has 0 fully saturated rings. The van der Waals surface area contributed by atoms with E-state index >= 15 is 0 Å². The molecular formula is C13H11F4N3. The predicted octanol–water partition coefficient (Wildman–Crippen LogP) is 2.91. The van der Waals surface area contributed by atoms with E-state index in [1.54, 1.807) is 13.0 Å². The molecule has 0 spiro atoms. The molecule has 0 bridgehead atoms. The van der Waals surface area contributed by atoms with Crippen LogP contribution in [-0.4, -0.2) is 18.0 Å². The SMILES string of the molecule is CC1=NC(N)=CCN=C1c1ccc(C(F)(F)F)cc1F. The summed E-state index contributed by atoms with van der Waals surface area (Å²) in [6.45, 7) is 1.77. The fourth-order valence-corrected chi connectivity index (χ4v) is 1.80. The number of nitrogens with two attached hydrogens (primary N) is 1. The van der Waals surface area contributed by atoms with Crippen LogP contribution in [0.1, 0.15) is 18.1 Å². The highest BCUT2D eigenvalue weighted by Crippen LogP contribution is 2.30. The predicted molar refractivity (Wildman–Crippen MR) is 68.2 cm³/mol. The Balaban J connectivity index is 2.45. The van der Waals surface area contributed by atoms with E-state index in [0.717, 1.165) is 12.1 Å². The summed E-state index contributed by atoms with van der Waals surface area (Å²) in [6.07, 6.45) is -3.04. The van der Waals surface area contributed by atoms with Gasteiger partial charge in [-0.3, -0.25) is 4.99 Å². The molecule has 3 nitrogen and oxygen atoms in total. The van der Waals surface area contributed by atoms with E-state index in [1.165, 1.54) is 0 Å². The number of aliphatic imine (C=N–C) groups is 2. The normalized spacial score (nSPS) is 16.1. The molecule has 0 radical (unpaired) electrons. The van der Waals surface area contributed by atoms with Gasteiger partial charge in [0, 0.05) is 5.56 Å². The van der Waals surface area contributed by atoms with E-state index in [9.17, 15) is 17.6 Å². The largest absolute Gasteiger partial charge is 0.416 e. The lowest BCUT2D eigenvalue weighted by molar-refractivity contribution is -0.137. The highest BCUT2D eigenvalue weighted by atomic mass is 19.4. The minimum atomic E-state index is -4.58. The summed E-state index contributed by atoms with van der Waals surface area (Å²) < 4.78 is 51.4. The van der Waals surface area contributed by atoms with Gasteiger partial charge in [0.05, 0.1) is 23.5 Å². The molecular weight excluding hydrogens is 274 g/mol. The number of halogens is 4. The zero-order valence-corrected chi connectivity index (χ0v) is 10.5. The van der Waals surface area contributed by atoms with Gasteiger partial charge in [-0.25, -0.2) is 9.38 Å². The number of hydrogen-bond acceptors (Lipinski definition) is 3. The van der Waals surface area contributed by atoms with Gasteiger partial charge in [0.1, 0.15) is 11.6 Å². The molecule has 1 aliphatic rings. The molecule has 1 aromatic carbocycles. The first kappa shape index (κ1) is 14.2. The first-order chi connectivity index (χ1) is 9.29.